The summed E-state index contributed by atoms with van der Waals surface area (Å²) in [6, 6.07) is 8.29. The zero-order valence-corrected chi connectivity index (χ0v) is 9.93. The van der Waals surface area contributed by atoms with E-state index in [1.165, 1.54) is 12.2 Å². The van der Waals surface area contributed by atoms with Crippen molar-refractivity contribution in [3.8, 4) is 5.75 Å². The molecule has 0 aliphatic carbocycles. The molecular weight excluding hydrogens is 225 g/mol. The molecule has 1 heterocycles. The van der Waals surface area contributed by atoms with Gasteiger partial charge in [0.15, 0.2) is 0 Å². The van der Waals surface area contributed by atoms with Gasteiger partial charge in [0.2, 0.25) is 0 Å². The van der Waals surface area contributed by atoms with E-state index in [4.69, 9.17) is 4.74 Å². The second-order valence-electron chi connectivity index (χ2n) is 3.77. The third-order valence-corrected chi connectivity index (χ3v) is 3.64. The smallest absolute Gasteiger partial charge is 0.123 e. The van der Waals surface area contributed by atoms with Gasteiger partial charge in [-0.1, -0.05) is 6.07 Å². The minimum atomic E-state index is -0.447. The van der Waals surface area contributed by atoms with E-state index in [1.807, 2.05) is 36.0 Å². The number of nitrogens with one attached hydrogen (secondary N) is 1. The number of halogens is 1. The molecule has 2 rings (SSSR count). The van der Waals surface area contributed by atoms with E-state index in [0.29, 0.717) is 6.04 Å². The maximum absolute atomic E-state index is 12.0. The molecule has 1 aliphatic rings. The van der Waals surface area contributed by atoms with E-state index < -0.39 is 6.67 Å². The molecule has 1 fully saturated rings. The standard InChI is InChI=1S/C12H16FNOS/c13-5-6-15-12-3-1-2-10(8-12)14-11-4-7-16-9-11/h1-3,8,11,14H,4-7,9H2. The van der Waals surface area contributed by atoms with Gasteiger partial charge in [0, 0.05) is 23.5 Å². The van der Waals surface area contributed by atoms with Crippen LogP contribution >= 0.6 is 11.8 Å². The molecule has 0 radical (unpaired) electrons. The lowest BCUT2D eigenvalue weighted by molar-refractivity contribution is 0.273. The molecule has 0 aromatic heterocycles. The van der Waals surface area contributed by atoms with Gasteiger partial charge in [0.1, 0.15) is 19.0 Å². The van der Waals surface area contributed by atoms with Gasteiger partial charge in [0.25, 0.3) is 0 Å². The number of rotatable bonds is 5. The van der Waals surface area contributed by atoms with Gasteiger partial charge in [-0.2, -0.15) is 11.8 Å². The van der Waals surface area contributed by atoms with Crippen LogP contribution in [0.1, 0.15) is 6.42 Å². The van der Waals surface area contributed by atoms with Gasteiger partial charge in [-0.05, 0) is 24.3 Å². The molecule has 2 nitrogen and oxygen atoms in total. The number of thioether (sulfide) groups is 1. The monoisotopic (exact) mass is 241 g/mol. The van der Waals surface area contributed by atoms with Crippen LogP contribution < -0.4 is 10.1 Å². The van der Waals surface area contributed by atoms with Crippen molar-refractivity contribution in [3.05, 3.63) is 24.3 Å². The summed E-state index contributed by atoms with van der Waals surface area (Å²) in [5, 5.41) is 3.46. The lowest BCUT2D eigenvalue weighted by atomic mass is 10.2. The molecular formula is C12H16FNOS. The molecule has 0 spiro atoms. The van der Waals surface area contributed by atoms with Crippen LogP contribution in [0.25, 0.3) is 0 Å². The number of hydrogen-bond donors (Lipinski definition) is 1. The third-order valence-electron chi connectivity index (χ3n) is 2.48. The second-order valence-corrected chi connectivity index (χ2v) is 4.92. The molecule has 1 atom stereocenters. The lowest BCUT2D eigenvalue weighted by Crippen LogP contribution is -2.17. The second kappa shape index (κ2) is 5.99. The van der Waals surface area contributed by atoms with Crippen LogP contribution in [0.5, 0.6) is 5.75 Å². The van der Waals surface area contributed by atoms with Crippen molar-refractivity contribution in [2.75, 3.05) is 30.1 Å². The van der Waals surface area contributed by atoms with Crippen molar-refractivity contribution in [2.45, 2.75) is 12.5 Å². The highest BCUT2D eigenvalue weighted by Gasteiger charge is 2.14. The Morgan fingerprint density at radius 2 is 2.44 bits per heavy atom. The number of anilines is 1. The summed E-state index contributed by atoms with van der Waals surface area (Å²) in [6.07, 6.45) is 1.21. The molecule has 0 saturated carbocycles. The van der Waals surface area contributed by atoms with Crippen molar-refractivity contribution in [1.29, 1.82) is 0 Å². The zero-order chi connectivity index (χ0) is 11.2. The van der Waals surface area contributed by atoms with Crippen molar-refractivity contribution in [3.63, 3.8) is 0 Å². The highest BCUT2D eigenvalue weighted by atomic mass is 32.2. The van der Waals surface area contributed by atoms with E-state index in [1.54, 1.807) is 0 Å². The van der Waals surface area contributed by atoms with Crippen molar-refractivity contribution in [2.24, 2.45) is 0 Å². The zero-order valence-electron chi connectivity index (χ0n) is 9.12. The first-order valence-corrected chi connectivity index (χ1v) is 6.67. The van der Waals surface area contributed by atoms with Gasteiger partial charge in [-0.25, -0.2) is 4.39 Å². The minimum absolute atomic E-state index is 0.128. The van der Waals surface area contributed by atoms with Crippen LogP contribution in [-0.4, -0.2) is 30.8 Å². The van der Waals surface area contributed by atoms with Crippen LogP contribution in [0.3, 0.4) is 0 Å². The summed E-state index contributed by atoms with van der Waals surface area (Å²) < 4.78 is 17.2. The van der Waals surface area contributed by atoms with Crippen molar-refractivity contribution in [1.82, 2.24) is 0 Å². The Kier molecular flexibility index (Phi) is 4.34. The Bertz CT molecular complexity index is 329. The van der Waals surface area contributed by atoms with Gasteiger partial charge >= 0.3 is 0 Å². The van der Waals surface area contributed by atoms with E-state index in [0.717, 1.165) is 17.2 Å². The highest BCUT2D eigenvalue weighted by Crippen LogP contribution is 2.23. The molecule has 4 heteroatoms. The molecule has 16 heavy (non-hydrogen) atoms. The maximum Gasteiger partial charge on any atom is 0.123 e. The molecule has 1 saturated heterocycles. The summed E-state index contributed by atoms with van der Waals surface area (Å²) in [5.74, 6) is 3.12. The summed E-state index contributed by atoms with van der Waals surface area (Å²) in [7, 11) is 0. The predicted octanol–water partition coefficient (Wildman–Crippen LogP) is 2.95. The average Bonchev–Trinajstić information content (AvgIpc) is 2.80. The van der Waals surface area contributed by atoms with Gasteiger partial charge < -0.3 is 10.1 Å². The Labute approximate surface area is 99.6 Å². The van der Waals surface area contributed by atoms with Gasteiger partial charge in [-0.3, -0.25) is 0 Å². The number of benzene rings is 1. The van der Waals surface area contributed by atoms with Crippen LogP contribution in [0.15, 0.2) is 24.3 Å². The third kappa shape index (κ3) is 3.30. The summed E-state index contributed by atoms with van der Waals surface area (Å²) >= 11 is 1.98. The molecule has 0 amide bonds. The minimum Gasteiger partial charge on any atom is -0.491 e. The molecule has 1 aliphatic heterocycles. The summed E-state index contributed by atoms with van der Waals surface area (Å²) in [6.45, 7) is -0.320. The Hall–Kier alpha value is -0.900. The van der Waals surface area contributed by atoms with E-state index in [2.05, 4.69) is 5.32 Å². The Balaban J connectivity index is 1.92. The Morgan fingerprint density at radius 1 is 1.50 bits per heavy atom. The number of alkyl halides is 1. The Morgan fingerprint density at radius 3 is 3.19 bits per heavy atom. The molecule has 0 bridgehead atoms. The van der Waals surface area contributed by atoms with Crippen molar-refractivity contribution >= 4 is 17.4 Å². The summed E-state index contributed by atoms with van der Waals surface area (Å²) in [4.78, 5) is 0. The van der Waals surface area contributed by atoms with Crippen LogP contribution in [0, 0.1) is 0 Å². The quantitative estimate of drug-likeness (QED) is 0.856. The molecule has 88 valence electrons. The largest absolute Gasteiger partial charge is 0.491 e. The highest BCUT2D eigenvalue weighted by molar-refractivity contribution is 7.99. The molecule has 1 N–H and O–H groups in total. The normalized spacial score (nSPS) is 19.7. The molecule has 1 aromatic carbocycles. The SMILES string of the molecule is FCCOc1cccc(NC2CCSC2)c1. The summed E-state index contributed by atoms with van der Waals surface area (Å²) in [5.41, 5.74) is 1.06. The fourth-order valence-corrected chi connectivity index (χ4v) is 2.87. The molecule has 1 unspecified atom stereocenters. The topological polar surface area (TPSA) is 21.3 Å². The number of hydrogen-bond acceptors (Lipinski definition) is 3. The predicted molar refractivity (Wildman–Crippen MR) is 67.3 cm³/mol. The first kappa shape index (κ1) is 11.6. The van der Waals surface area contributed by atoms with Crippen LogP contribution in [-0.2, 0) is 0 Å². The average molecular weight is 241 g/mol. The van der Waals surface area contributed by atoms with E-state index >= 15 is 0 Å². The molecule has 1 aromatic rings. The van der Waals surface area contributed by atoms with E-state index in [9.17, 15) is 4.39 Å². The fraction of sp³-hybridized carbons (Fsp3) is 0.500. The lowest BCUT2D eigenvalue weighted by Gasteiger charge is -2.13. The fourth-order valence-electron chi connectivity index (χ4n) is 1.72. The van der Waals surface area contributed by atoms with E-state index in [-0.39, 0.29) is 6.61 Å². The first-order valence-electron chi connectivity index (χ1n) is 5.51. The van der Waals surface area contributed by atoms with Crippen molar-refractivity contribution < 1.29 is 9.13 Å². The van der Waals surface area contributed by atoms with Crippen LogP contribution in [0.2, 0.25) is 0 Å². The number of ether oxygens (including phenoxy) is 1. The van der Waals surface area contributed by atoms with Crippen LogP contribution in [0.4, 0.5) is 10.1 Å². The first-order chi connectivity index (χ1) is 7.88. The maximum atomic E-state index is 12.0. The van der Waals surface area contributed by atoms with Gasteiger partial charge in [0.05, 0.1) is 0 Å². The van der Waals surface area contributed by atoms with Gasteiger partial charge in [-0.15, -0.1) is 0 Å².